The van der Waals surface area contributed by atoms with E-state index in [1.807, 2.05) is 0 Å². The van der Waals surface area contributed by atoms with Gasteiger partial charge in [0.2, 0.25) is 0 Å². The summed E-state index contributed by atoms with van der Waals surface area (Å²) in [7, 11) is 0. The number of aromatic nitrogens is 2. The van der Waals surface area contributed by atoms with Gasteiger partial charge < -0.3 is 9.30 Å². The molecule has 1 aromatic rings. The Balaban J connectivity index is 2.43. The smallest absolute Gasteiger partial charge is 0.305 e. The second-order valence-corrected chi connectivity index (χ2v) is 3.44. The van der Waals surface area contributed by atoms with E-state index >= 15 is 0 Å². The molecule has 1 aromatic heterocycles. The number of aldehydes is 1. The summed E-state index contributed by atoms with van der Waals surface area (Å²) in [5.41, 5.74) is 1.29. The summed E-state index contributed by atoms with van der Waals surface area (Å²) in [6.45, 7) is 4.57. The van der Waals surface area contributed by atoms with Crippen LogP contribution in [0.15, 0.2) is 6.33 Å². The lowest BCUT2D eigenvalue weighted by atomic mass is 10.3. The molecule has 0 spiro atoms. The number of aryl methyl sites for hydroxylation is 2. The van der Waals surface area contributed by atoms with Gasteiger partial charge in [-0.15, -0.1) is 0 Å². The van der Waals surface area contributed by atoms with Crippen LogP contribution in [0.25, 0.3) is 0 Å². The lowest BCUT2D eigenvalue weighted by molar-refractivity contribution is -0.143. The Bertz CT molecular complexity index is 371. The summed E-state index contributed by atoms with van der Waals surface area (Å²) in [6, 6.07) is 0. The van der Waals surface area contributed by atoms with E-state index in [1.54, 1.807) is 24.7 Å². The van der Waals surface area contributed by atoms with Crippen molar-refractivity contribution >= 4 is 12.3 Å². The molecule has 5 heteroatoms. The molecular weight excluding hydrogens is 208 g/mol. The summed E-state index contributed by atoms with van der Waals surface area (Å²) in [5, 5.41) is 0. The van der Waals surface area contributed by atoms with Crippen LogP contribution in [0.2, 0.25) is 0 Å². The van der Waals surface area contributed by atoms with E-state index < -0.39 is 0 Å². The third-order valence-electron chi connectivity index (χ3n) is 2.27. The first-order valence-electron chi connectivity index (χ1n) is 5.31. The summed E-state index contributed by atoms with van der Waals surface area (Å²) >= 11 is 0. The fourth-order valence-electron chi connectivity index (χ4n) is 1.45. The molecule has 16 heavy (non-hydrogen) atoms. The van der Waals surface area contributed by atoms with Gasteiger partial charge in [-0.05, 0) is 20.3 Å². The molecule has 0 atom stereocenters. The Kier molecular flexibility index (Phi) is 4.69. The van der Waals surface area contributed by atoms with Gasteiger partial charge in [-0.3, -0.25) is 9.59 Å². The van der Waals surface area contributed by atoms with Crippen LogP contribution in [0, 0.1) is 6.92 Å². The average Bonchev–Trinajstić information content (AvgIpc) is 2.60. The van der Waals surface area contributed by atoms with Gasteiger partial charge in [0, 0.05) is 13.0 Å². The number of carbonyl (C=O) groups excluding carboxylic acids is 2. The summed E-state index contributed by atoms with van der Waals surface area (Å²) in [6.07, 6.45) is 3.41. The van der Waals surface area contributed by atoms with Crippen LogP contribution < -0.4 is 0 Å². The molecule has 0 N–H and O–H groups in total. The van der Waals surface area contributed by atoms with Crippen molar-refractivity contribution in [1.82, 2.24) is 9.55 Å². The Morgan fingerprint density at radius 1 is 1.62 bits per heavy atom. The molecule has 0 saturated carbocycles. The highest BCUT2D eigenvalue weighted by molar-refractivity contribution is 5.73. The molecule has 5 nitrogen and oxygen atoms in total. The second kappa shape index (κ2) is 6.05. The molecule has 0 aliphatic carbocycles. The Morgan fingerprint density at radius 3 is 3.00 bits per heavy atom. The number of esters is 1. The minimum absolute atomic E-state index is 0.202. The van der Waals surface area contributed by atoms with Crippen molar-refractivity contribution in [3.05, 3.63) is 17.7 Å². The van der Waals surface area contributed by atoms with Crippen LogP contribution >= 0.6 is 0 Å². The highest BCUT2D eigenvalue weighted by Crippen LogP contribution is 2.05. The van der Waals surface area contributed by atoms with Crippen molar-refractivity contribution in [3.8, 4) is 0 Å². The highest BCUT2D eigenvalue weighted by Gasteiger charge is 2.07. The Labute approximate surface area is 94.4 Å². The molecule has 1 heterocycles. The fraction of sp³-hybridized carbons (Fsp3) is 0.545. The van der Waals surface area contributed by atoms with Crippen molar-refractivity contribution in [1.29, 1.82) is 0 Å². The molecule has 0 saturated heterocycles. The second-order valence-electron chi connectivity index (χ2n) is 3.44. The van der Waals surface area contributed by atoms with E-state index in [0.717, 1.165) is 6.29 Å². The molecule has 0 aromatic carbocycles. The molecule has 0 aliphatic heterocycles. The lowest BCUT2D eigenvalue weighted by Crippen LogP contribution is -2.07. The zero-order valence-corrected chi connectivity index (χ0v) is 9.60. The van der Waals surface area contributed by atoms with Gasteiger partial charge in [-0.1, -0.05) is 0 Å². The fourth-order valence-corrected chi connectivity index (χ4v) is 1.45. The predicted octanol–water partition coefficient (Wildman–Crippen LogP) is 1.35. The van der Waals surface area contributed by atoms with Crippen molar-refractivity contribution in [3.63, 3.8) is 0 Å². The zero-order chi connectivity index (χ0) is 12.0. The average molecular weight is 224 g/mol. The summed E-state index contributed by atoms with van der Waals surface area (Å²) in [4.78, 5) is 25.9. The maximum absolute atomic E-state index is 11.1. The van der Waals surface area contributed by atoms with Crippen LogP contribution in [-0.2, 0) is 16.1 Å². The molecular formula is C11H16N2O3. The van der Waals surface area contributed by atoms with E-state index in [1.165, 1.54) is 0 Å². The number of nitrogens with zero attached hydrogens (tertiary/aromatic N) is 2. The quantitative estimate of drug-likeness (QED) is 0.540. The number of imidazole rings is 1. The maximum Gasteiger partial charge on any atom is 0.305 e. The summed E-state index contributed by atoms with van der Waals surface area (Å²) < 4.78 is 6.56. The van der Waals surface area contributed by atoms with E-state index in [4.69, 9.17) is 4.74 Å². The number of carbonyl (C=O) groups is 2. The van der Waals surface area contributed by atoms with Crippen LogP contribution in [-0.4, -0.2) is 28.4 Å². The molecule has 0 radical (unpaired) electrons. The first-order chi connectivity index (χ1) is 7.69. The van der Waals surface area contributed by atoms with Crippen molar-refractivity contribution in [2.75, 3.05) is 6.61 Å². The lowest BCUT2D eigenvalue weighted by Gasteiger charge is -2.04. The third-order valence-corrected chi connectivity index (χ3v) is 2.27. The standard InChI is InChI=1S/C11H16N2O3/c1-3-16-11(15)5-4-6-13-8-12-9(2)10(13)7-14/h7-8H,3-6H2,1-2H3. The van der Waals surface area contributed by atoms with Crippen molar-refractivity contribution in [2.45, 2.75) is 33.2 Å². The molecule has 88 valence electrons. The van der Waals surface area contributed by atoms with E-state index in [-0.39, 0.29) is 5.97 Å². The molecule has 0 amide bonds. The first-order valence-corrected chi connectivity index (χ1v) is 5.31. The molecule has 0 aliphatic rings. The minimum Gasteiger partial charge on any atom is -0.466 e. The number of rotatable bonds is 6. The maximum atomic E-state index is 11.1. The van der Waals surface area contributed by atoms with E-state index in [2.05, 4.69) is 4.98 Å². The SMILES string of the molecule is CCOC(=O)CCCn1cnc(C)c1C=O. The van der Waals surface area contributed by atoms with Gasteiger partial charge in [0.1, 0.15) is 5.69 Å². The molecule has 0 bridgehead atoms. The zero-order valence-electron chi connectivity index (χ0n) is 9.60. The third kappa shape index (κ3) is 3.18. The topological polar surface area (TPSA) is 61.2 Å². The monoisotopic (exact) mass is 224 g/mol. The van der Waals surface area contributed by atoms with Crippen molar-refractivity contribution < 1.29 is 14.3 Å². The molecule has 1 rings (SSSR count). The number of hydrogen-bond donors (Lipinski definition) is 0. The number of hydrogen-bond acceptors (Lipinski definition) is 4. The van der Waals surface area contributed by atoms with Crippen molar-refractivity contribution in [2.24, 2.45) is 0 Å². The van der Waals surface area contributed by atoms with Crippen LogP contribution in [0.4, 0.5) is 0 Å². The number of ether oxygens (including phenoxy) is 1. The van der Waals surface area contributed by atoms with Gasteiger partial charge in [-0.2, -0.15) is 0 Å². The molecule has 0 unspecified atom stereocenters. The van der Waals surface area contributed by atoms with Gasteiger partial charge in [0.15, 0.2) is 6.29 Å². The largest absolute Gasteiger partial charge is 0.466 e. The van der Waals surface area contributed by atoms with Gasteiger partial charge in [0.25, 0.3) is 0 Å². The van der Waals surface area contributed by atoms with Crippen LogP contribution in [0.1, 0.15) is 35.9 Å². The van der Waals surface area contributed by atoms with Gasteiger partial charge in [0.05, 0.1) is 18.6 Å². The van der Waals surface area contributed by atoms with E-state index in [0.29, 0.717) is 37.4 Å². The Morgan fingerprint density at radius 2 is 2.38 bits per heavy atom. The predicted molar refractivity (Wildman–Crippen MR) is 58.2 cm³/mol. The summed E-state index contributed by atoms with van der Waals surface area (Å²) in [5.74, 6) is -0.202. The highest BCUT2D eigenvalue weighted by atomic mass is 16.5. The normalized spacial score (nSPS) is 10.1. The van der Waals surface area contributed by atoms with E-state index in [9.17, 15) is 9.59 Å². The first kappa shape index (κ1) is 12.4. The van der Waals surface area contributed by atoms with Crippen LogP contribution in [0.3, 0.4) is 0 Å². The minimum atomic E-state index is -0.202. The molecule has 0 fully saturated rings. The van der Waals surface area contributed by atoms with Gasteiger partial charge >= 0.3 is 5.97 Å². The van der Waals surface area contributed by atoms with Crippen LogP contribution in [0.5, 0.6) is 0 Å². The Hall–Kier alpha value is -1.65. The van der Waals surface area contributed by atoms with Gasteiger partial charge in [-0.25, -0.2) is 4.98 Å².